The van der Waals surface area contributed by atoms with E-state index in [-0.39, 0.29) is 12.0 Å². The maximum absolute atomic E-state index is 9.02. The van der Waals surface area contributed by atoms with Crippen molar-refractivity contribution in [3.05, 3.63) is 70.8 Å². The summed E-state index contributed by atoms with van der Waals surface area (Å²) in [5.41, 5.74) is 10.5. The fourth-order valence-electron chi connectivity index (χ4n) is 2.42. The van der Waals surface area contributed by atoms with Crippen LogP contribution in [0.1, 0.15) is 35.1 Å². The molecule has 0 radical (unpaired) electrons. The summed E-state index contributed by atoms with van der Waals surface area (Å²) in [4.78, 5) is 0. The normalized spacial score (nSPS) is 13.5. The summed E-state index contributed by atoms with van der Waals surface area (Å²) >= 11 is 0. The minimum Gasteiger partial charge on any atom is -0.327 e. The third-order valence-corrected chi connectivity index (χ3v) is 3.65. The van der Waals surface area contributed by atoms with E-state index in [4.69, 9.17) is 11.0 Å². The molecule has 2 rings (SSSR count). The molecule has 102 valence electrons. The van der Waals surface area contributed by atoms with E-state index in [2.05, 4.69) is 43.3 Å². The number of benzene rings is 2. The SMILES string of the molecule is Cc1ccc(CC(c2cccc(C#N)c2)C(C)N)cc1. The second kappa shape index (κ2) is 6.36. The lowest BCUT2D eigenvalue weighted by atomic mass is 9.86. The minimum absolute atomic E-state index is 0.0465. The van der Waals surface area contributed by atoms with Crippen LogP contribution in [-0.2, 0) is 6.42 Å². The zero-order valence-electron chi connectivity index (χ0n) is 12.0. The fourth-order valence-corrected chi connectivity index (χ4v) is 2.42. The van der Waals surface area contributed by atoms with Gasteiger partial charge in [0.05, 0.1) is 11.6 Å². The van der Waals surface area contributed by atoms with E-state index in [0.717, 1.165) is 12.0 Å². The van der Waals surface area contributed by atoms with Crippen LogP contribution in [-0.4, -0.2) is 6.04 Å². The molecule has 0 heterocycles. The van der Waals surface area contributed by atoms with Gasteiger partial charge in [-0.15, -0.1) is 0 Å². The van der Waals surface area contributed by atoms with E-state index in [0.29, 0.717) is 5.56 Å². The highest BCUT2D eigenvalue weighted by Crippen LogP contribution is 2.24. The van der Waals surface area contributed by atoms with Gasteiger partial charge in [-0.2, -0.15) is 5.26 Å². The highest BCUT2D eigenvalue weighted by atomic mass is 14.6. The van der Waals surface area contributed by atoms with Crippen LogP contribution in [0.25, 0.3) is 0 Å². The molecule has 0 amide bonds. The van der Waals surface area contributed by atoms with E-state index in [9.17, 15) is 0 Å². The van der Waals surface area contributed by atoms with Gasteiger partial charge < -0.3 is 5.73 Å². The number of nitriles is 1. The van der Waals surface area contributed by atoms with Gasteiger partial charge >= 0.3 is 0 Å². The lowest BCUT2D eigenvalue weighted by Gasteiger charge is -2.21. The van der Waals surface area contributed by atoms with Crippen molar-refractivity contribution in [2.75, 3.05) is 0 Å². The van der Waals surface area contributed by atoms with Gasteiger partial charge in [-0.3, -0.25) is 0 Å². The van der Waals surface area contributed by atoms with E-state index in [1.165, 1.54) is 11.1 Å². The lowest BCUT2D eigenvalue weighted by molar-refractivity contribution is 0.565. The number of aryl methyl sites for hydroxylation is 1. The number of hydrogen-bond donors (Lipinski definition) is 1. The quantitative estimate of drug-likeness (QED) is 0.918. The van der Waals surface area contributed by atoms with Gasteiger partial charge in [0.2, 0.25) is 0 Å². The van der Waals surface area contributed by atoms with E-state index in [1.807, 2.05) is 25.1 Å². The zero-order chi connectivity index (χ0) is 14.5. The van der Waals surface area contributed by atoms with Crippen LogP contribution in [0.2, 0.25) is 0 Å². The van der Waals surface area contributed by atoms with E-state index < -0.39 is 0 Å². The fraction of sp³-hybridized carbons (Fsp3) is 0.278. The Morgan fingerprint density at radius 2 is 1.85 bits per heavy atom. The second-order valence-electron chi connectivity index (χ2n) is 5.39. The highest BCUT2D eigenvalue weighted by Gasteiger charge is 2.17. The first-order valence-electron chi connectivity index (χ1n) is 6.91. The molecular weight excluding hydrogens is 244 g/mol. The van der Waals surface area contributed by atoms with Crippen LogP contribution < -0.4 is 5.73 Å². The van der Waals surface area contributed by atoms with Crippen molar-refractivity contribution in [2.45, 2.75) is 32.2 Å². The number of rotatable bonds is 4. The Balaban J connectivity index is 2.27. The Morgan fingerprint density at radius 3 is 2.45 bits per heavy atom. The van der Waals surface area contributed by atoms with Gasteiger partial charge in [0.15, 0.2) is 0 Å². The maximum Gasteiger partial charge on any atom is 0.0991 e. The van der Waals surface area contributed by atoms with Crippen molar-refractivity contribution in [3.63, 3.8) is 0 Å². The van der Waals surface area contributed by atoms with Crippen LogP contribution >= 0.6 is 0 Å². The molecule has 0 aliphatic heterocycles. The predicted molar refractivity (Wildman–Crippen MR) is 82.4 cm³/mol. The summed E-state index contributed by atoms with van der Waals surface area (Å²) in [7, 11) is 0. The van der Waals surface area contributed by atoms with Crippen LogP contribution in [0.15, 0.2) is 48.5 Å². The molecule has 2 unspecified atom stereocenters. The molecule has 2 N–H and O–H groups in total. The molecule has 0 aliphatic carbocycles. The van der Waals surface area contributed by atoms with Crippen molar-refractivity contribution < 1.29 is 0 Å². The highest BCUT2D eigenvalue weighted by molar-refractivity contribution is 5.36. The Hall–Kier alpha value is -2.11. The van der Waals surface area contributed by atoms with Crippen LogP contribution in [0.4, 0.5) is 0 Å². The van der Waals surface area contributed by atoms with Crippen molar-refractivity contribution in [3.8, 4) is 6.07 Å². The first-order chi connectivity index (χ1) is 9.60. The average Bonchev–Trinajstić information content (AvgIpc) is 2.46. The van der Waals surface area contributed by atoms with Crippen LogP contribution in [0, 0.1) is 18.3 Å². The first kappa shape index (κ1) is 14.3. The number of nitrogens with zero attached hydrogens (tertiary/aromatic N) is 1. The maximum atomic E-state index is 9.02. The number of nitrogens with two attached hydrogens (primary N) is 1. The van der Waals surface area contributed by atoms with Gasteiger partial charge in [-0.25, -0.2) is 0 Å². The Morgan fingerprint density at radius 1 is 1.15 bits per heavy atom. The molecule has 0 saturated heterocycles. The Kier molecular flexibility index (Phi) is 4.55. The summed E-state index contributed by atoms with van der Waals surface area (Å²) in [6.07, 6.45) is 0.896. The molecule has 2 heteroatoms. The molecular formula is C18H20N2. The summed E-state index contributed by atoms with van der Waals surface area (Å²) < 4.78 is 0. The molecule has 2 atom stereocenters. The summed E-state index contributed by atoms with van der Waals surface area (Å²) in [5, 5.41) is 9.02. The molecule has 0 aromatic heterocycles. The van der Waals surface area contributed by atoms with Crippen LogP contribution in [0.5, 0.6) is 0 Å². The van der Waals surface area contributed by atoms with Gasteiger partial charge in [0.25, 0.3) is 0 Å². The van der Waals surface area contributed by atoms with E-state index in [1.54, 1.807) is 0 Å². The van der Waals surface area contributed by atoms with Gasteiger partial charge in [0, 0.05) is 12.0 Å². The van der Waals surface area contributed by atoms with Crippen LogP contribution in [0.3, 0.4) is 0 Å². The predicted octanol–water partition coefficient (Wildman–Crippen LogP) is 3.54. The van der Waals surface area contributed by atoms with Crippen molar-refractivity contribution in [1.29, 1.82) is 5.26 Å². The van der Waals surface area contributed by atoms with E-state index >= 15 is 0 Å². The second-order valence-corrected chi connectivity index (χ2v) is 5.39. The topological polar surface area (TPSA) is 49.8 Å². The van der Waals surface area contributed by atoms with Crippen molar-refractivity contribution >= 4 is 0 Å². The first-order valence-corrected chi connectivity index (χ1v) is 6.91. The lowest BCUT2D eigenvalue weighted by Crippen LogP contribution is -2.26. The monoisotopic (exact) mass is 264 g/mol. The summed E-state index contributed by atoms with van der Waals surface area (Å²) in [5.74, 6) is 0.228. The summed E-state index contributed by atoms with van der Waals surface area (Å²) in [6.45, 7) is 4.11. The van der Waals surface area contributed by atoms with Crippen molar-refractivity contribution in [1.82, 2.24) is 0 Å². The zero-order valence-corrected chi connectivity index (χ0v) is 12.0. The third-order valence-electron chi connectivity index (χ3n) is 3.65. The molecule has 2 nitrogen and oxygen atoms in total. The van der Waals surface area contributed by atoms with Crippen molar-refractivity contribution in [2.24, 2.45) is 5.73 Å². The van der Waals surface area contributed by atoms with Gasteiger partial charge in [0.1, 0.15) is 0 Å². The average molecular weight is 264 g/mol. The minimum atomic E-state index is 0.0465. The van der Waals surface area contributed by atoms with Gasteiger partial charge in [-0.05, 0) is 43.5 Å². The smallest absolute Gasteiger partial charge is 0.0991 e. The van der Waals surface area contributed by atoms with Gasteiger partial charge in [-0.1, -0.05) is 42.0 Å². The molecule has 0 spiro atoms. The number of hydrogen-bond acceptors (Lipinski definition) is 2. The molecule has 2 aromatic rings. The third kappa shape index (κ3) is 3.46. The largest absolute Gasteiger partial charge is 0.327 e. The molecule has 20 heavy (non-hydrogen) atoms. The molecule has 0 saturated carbocycles. The standard InChI is InChI=1S/C18H20N2/c1-13-6-8-15(9-7-13)11-18(14(2)20)17-5-3-4-16(10-17)12-19/h3-10,14,18H,11,20H2,1-2H3. The molecule has 2 aromatic carbocycles. The Labute approximate surface area is 120 Å². The summed E-state index contributed by atoms with van der Waals surface area (Å²) in [6, 6.07) is 18.6. The Bertz CT molecular complexity index is 606. The molecule has 0 bridgehead atoms. The molecule has 0 aliphatic rings. The molecule has 0 fully saturated rings.